The van der Waals surface area contributed by atoms with E-state index in [9.17, 15) is 8.53 Å². The van der Waals surface area contributed by atoms with E-state index in [1.807, 2.05) is 0 Å². The van der Waals surface area contributed by atoms with Crippen molar-refractivity contribution in [2.45, 2.75) is 6.92 Å². The molecule has 10 heavy (non-hydrogen) atoms. The fourth-order valence-corrected chi connectivity index (χ4v) is 1.64. The van der Waals surface area contributed by atoms with Gasteiger partial charge in [-0.2, -0.15) is 0 Å². The molecule has 58 valence electrons. The number of carboxylic acid groups (broad SMARTS) is 1. The van der Waals surface area contributed by atoms with Crippen LogP contribution in [0.3, 0.4) is 0 Å². The molecule has 0 spiro atoms. The van der Waals surface area contributed by atoms with Crippen LogP contribution < -0.4 is 0 Å². The summed E-state index contributed by atoms with van der Waals surface area (Å²) in [7, 11) is 0. The van der Waals surface area contributed by atoms with Crippen LogP contribution in [0.25, 0.3) is 0 Å². The molecule has 0 aliphatic heterocycles. The van der Waals surface area contributed by atoms with Crippen LogP contribution in [0.4, 0.5) is 0 Å². The Morgan fingerprint density at radius 3 is 1.90 bits per heavy atom. The molecule has 0 saturated heterocycles. The molecule has 3 N–H and O–H groups in total. The molecule has 0 fully saturated rings. The van der Waals surface area contributed by atoms with E-state index in [1.54, 1.807) is 0 Å². The van der Waals surface area contributed by atoms with E-state index >= 15 is 0 Å². The molecule has 0 aliphatic rings. The second kappa shape index (κ2) is 3.05. The minimum atomic E-state index is -5.16. The zero-order valence-electron chi connectivity index (χ0n) is 5.18. The van der Waals surface area contributed by atoms with E-state index in [0.717, 1.165) is 6.08 Å². The molecule has 5 nitrogen and oxygen atoms in total. The molecule has 0 heterocycles. The van der Waals surface area contributed by atoms with Gasteiger partial charge in [-0.05, 0) is 0 Å². The molecule has 6 heteroatoms. The van der Waals surface area contributed by atoms with E-state index in [1.165, 1.54) is 6.92 Å². The first kappa shape index (κ1) is 9.49. The van der Waals surface area contributed by atoms with Crippen LogP contribution in [0.2, 0.25) is 0 Å². The molecule has 0 radical (unpaired) electrons. The van der Waals surface area contributed by atoms with Crippen LogP contribution in [0.15, 0.2) is 10.4 Å². The molecule has 0 rings (SSSR count). The topological polar surface area (TPSA) is 94.8 Å². The normalized spacial score (nSPS) is 13.3. The van der Waals surface area contributed by atoms with E-state index in [2.05, 4.69) is 0 Å². The van der Waals surface area contributed by atoms with Crippen LogP contribution >= 0.6 is 0 Å². The summed E-state index contributed by atoms with van der Waals surface area (Å²) in [6.45, 7) is 1.27. The predicted octanol–water partition coefficient (Wildman–Crippen LogP) is -1.09. The van der Waals surface area contributed by atoms with Gasteiger partial charge in [-0.1, -0.05) is 0 Å². The Kier molecular flexibility index (Phi) is 2.90. The summed E-state index contributed by atoms with van der Waals surface area (Å²) in [5.74, 6) is -1.56. The molecular weight excluding hydrogens is 203 g/mol. The van der Waals surface area contributed by atoms with Crippen molar-refractivity contribution < 1.29 is 21.8 Å². The van der Waals surface area contributed by atoms with Gasteiger partial charge >= 0.3 is 59.3 Å². The van der Waals surface area contributed by atoms with Crippen LogP contribution in [0, 0.1) is 0 Å². The van der Waals surface area contributed by atoms with Crippen molar-refractivity contribution in [3.8, 4) is 0 Å². The van der Waals surface area contributed by atoms with Gasteiger partial charge in [-0.15, -0.1) is 0 Å². The quantitative estimate of drug-likeness (QED) is 0.397. The van der Waals surface area contributed by atoms with Gasteiger partial charge in [0.2, 0.25) is 0 Å². The third kappa shape index (κ3) is 2.39. The van der Waals surface area contributed by atoms with Gasteiger partial charge in [0.15, 0.2) is 0 Å². The molecule has 0 atom stereocenters. The van der Waals surface area contributed by atoms with Gasteiger partial charge < -0.3 is 0 Å². The minimum absolute atomic E-state index is 0.807. The van der Waals surface area contributed by atoms with Crippen molar-refractivity contribution in [3.63, 3.8) is 0 Å². The summed E-state index contributed by atoms with van der Waals surface area (Å²) in [4.78, 5) is 10.0. The average molecular weight is 210 g/mol. The van der Waals surface area contributed by atoms with Crippen LogP contribution in [0.1, 0.15) is 6.92 Å². The van der Waals surface area contributed by atoms with Gasteiger partial charge in [-0.25, -0.2) is 0 Å². The molecule has 0 bridgehead atoms. The summed E-state index contributed by atoms with van der Waals surface area (Å²) >= 11 is -5.16. The molecule has 0 aromatic heterocycles. The second-order valence-electron chi connectivity index (χ2n) is 1.52. The number of carboxylic acids is 1. The Morgan fingerprint density at radius 1 is 1.50 bits per heavy atom. The van der Waals surface area contributed by atoms with E-state index in [0.29, 0.717) is 0 Å². The first-order chi connectivity index (χ1) is 4.39. The maximum atomic E-state index is 10.3. The second-order valence-corrected chi connectivity index (χ2v) is 4.82. The fourth-order valence-electron chi connectivity index (χ4n) is 0.416. The van der Waals surface area contributed by atoms with Crippen molar-refractivity contribution in [3.05, 3.63) is 10.4 Å². The molecule has 0 aliphatic carbocycles. The zero-order valence-corrected chi connectivity index (χ0v) is 7.06. The fraction of sp³-hybridized carbons (Fsp3) is 0.250. The summed E-state index contributed by atoms with van der Waals surface area (Å²) < 4.78 is 26.2. The zero-order chi connectivity index (χ0) is 8.36. The predicted molar refractivity (Wildman–Crippen MR) is 32.3 cm³/mol. The third-order valence-electron chi connectivity index (χ3n) is 0.806. The van der Waals surface area contributed by atoms with Gasteiger partial charge in [-0.3, -0.25) is 0 Å². The van der Waals surface area contributed by atoms with Crippen molar-refractivity contribution in [2.75, 3.05) is 0 Å². The monoisotopic (exact) mass is 210 g/mol. The number of hydrogen-bond acceptors (Lipinski definition) is 2. The van der Waals surface area contributed by atoms with Crippen LogP contribution in [0.5, 0.6) is 0 Å². The van der Waals surface area contributed by atoms with Crippen LogP contribution in [-0.4, -0.2) is 33.4 Å². The van der Waals surface area contributed by atoms with Crippen LogP contribution in [-0.2, 0) is 8.53 Å². The summed E-state index contributed by atoms with van der Waals surface area (Å²) in [6.07, 6.45) is 0.905. The van der Waals surface area contributed by atoms with Crippen molar-refractivity contribution in [1.82, 2.24) is 0 Å². The third-order valence-corrected chi connectivity index (χ3v) is 3.07. The van der Waals surface area contributed by atoms with Crippen molar-refractivity contribution in [2.24, 2.45) is 0 Å². The number of allylic oxidation sites excluding steroid dienone is 1. The molecule has 0 aromatic rings. The Balaban J connectivity index is 4.75. The standard InChI is InChI=1S/C4H7AsO5/c1-2-3(4(6)7)5(8,9)10/h2H,1H3,(H,6,7)(H2,8,9,10). The number of rotatable bonds is 2. The van der Waals surface area contributed by atoms with Gasteiger partial charge in [0.25, 0.3) is 0 Å². The van der Waals surface area contributed by atoms with Gasteiger partial charge in [0.1, 0.15) is 0 Å². The molecule has 0 amide bonds. The number of hydrogen-bond donors (Lipinski definition) is 3. The van der Waals surface area contributed by atoms with Crippen molar-refractivity contribution in [1.29, 1.82) is 0 Å². The van der Waals surface area contributed by atoms with E-state index in [4.69, 9.17) is 13.3 Å². The first-order valence-electron chi connectivity index (χ1n) is 2.35. The van der Waals surface area contributed by atoms with E-state index < -0.39 is 24.5 Å². The van der Waals surface area contributed by atoms with Gasteiger partial charge in [0, 0.05) is 0 Å². The molecule has 0 saturated carbocycles. The Labute approximate surface area is 60.0 Å². The summed E-state index contributed by atoms with van der Waals surface area (Å²) in [5.41, 5.74) is 0. The van der Waals surface area contributed by atoms with Gasteiger partial charge in [0.05, 0.1) is 0 Å². The Hall–Kier alpha value is -0.512. The number of aliphatic carboxylic acids is 1. The maximum absolute atomic E-state index is 10.3. The van der Waals surface area contributed by atoms with E-state index in [-0.39, 0.29) is 0 Å². The first-order valence-corrected chi connectivity index (χ1v) is 5.73. The molecule has 0 aromatic carbocycles. The Bertz CT molecular complexity index is 212. The summed E-state index contributed by atoms with van der Waals surface area (Å²) in [6, 6.07) is 0. The molecule has 0 unspecified atom stereocenters. The average Bonchev–Trinajstić information content (AvgIpc) is 1.60. The SMILES string of the molecule is CC=C(C(=O)O)[As](=O)(O)O. The number of carbonyl (C=O) groups is 1. The molecular formula is C4H7AsO5. The summed E-state index contributed by atoms with van der Waals surface area (Å²) in [5, 5.41) is 8.16. The van der Waals surface area contributed by atoms with Crippen molar-refractivity contribution >= 4 is 20.1 Å². The Morgan fingerprint density at radius 2 is 1.90 bits per heavy atom.